The van der Waals surface area contributed by atoms with Gasteiger partial charge in [0.25, 0.3) is 11.8 Å². The lowest BCUT2D eigenvalue weighted by atomic mass is 10.0. The largest absolute Gasteiger partial charge is 0.573 e. The van der Waals surface area contributed by atoms with Crippen molar-refractivity contribution in [2.45, 2.75) is 73.5 Å². The lowest BCUT2D eigenvalue weighted by molar-refractivity contribution is -0.274. The summed E-state index contributed by atoms with van der Waals surface area (Å²) in [5, 5.41) is 2.44. The van der Waals surface area contributed by atoms with Crippen LogP contribution in [0.25, 0.3) is 0 Å². The van der Waals surface area contributed by atoms with Gasteiger partial charge in [-0.15, -0.1) is 13.2 Å². The maximum absolute atomic E-state index is 15.0. The number of sulfone groups is 1. The summed E-state index contributed by atoms with van der Waals surface area (Å²) in [5.41, 5.74) is 1.07. The van der Waals surface area contributed by atoms with Crippen LogP contribution in [0.15, 0.2) is 71.8 Å². The fourth-order valence-corrected chi connectivity index (χ4v) is 7.70. The van der Waals surface area contributed by atoms with Gasteiger partial charge in [0.2, 0.25) is 0 Å². The standard InChI is InChI=1S/C34H36F4N4O6S/c35-29-21-41(20-22-1-4-26(5-2-22)48-34(36,37)38)16-15-30(29)40-32(43)23-3-12-31(39-19-23)33(44)42-17-13-25(14-18-42)47-24-6-8-27(9-7-24)49(45,46)28-10-11-28/h1-9,12,19,25,28-30H,10-11,13-18,20-21H2,(H,40,43)/t29-,30-/m1/s1. The van der Waals surface area contributed by atoms with E-state index in [0.29, 0.717) is 74.5 Å². The monoisotopic (exact) mass is 704 g/mol. The van der Waals surface area contributed by atoms with E-state index in [0.717, 1.165) is 0 Å². The number of alkyl halides is 4. The molecule has 0 bridgehead atoms. The lowest BCUT2D eigenvalue weighted by Crippen LogP contribution is -2.52. The van der Waals surface area contributed by atoms with Gasteiger partial charge in [-0.25, -0.2) is 12.8 Å². The summed E-state index contributed by atoms with van der Waals surface area (Å²) in [6.07, 6.45) is -2.07. The van der Waals surface area contributed by atoms with Crippen LogP contribution in [0, 0.1) is 0 Å². The van der Waals surface area contributed by atoms with Gasteiger partial charge in [0.1, 0.15) is 29.5 Å². The Hall–Kier alpha value is -4.24. The minimum absolute atomic E-state index is 0.0379. The third-order valence-electron chi connectivity index (χ3n) is 8.90. The number of pyridine rings is 1. The van der Waals surface area contributed by atoms with Crippen LogP contribution in [0.2, 0.25) is 0 Å². The number of carbonyl (C=O) groups is 2. The molecule has 1 N–H and O–H groups in total. The summed E-state index contributed by atoms with van der Waals surface area (Å²) in [6, 6.07) is 14.1. The van der Waals surface area contributed by atoms with Gasteiger partial charge in [0.15, 0.2) is 9.84 Å². The molecule has 262 valence electrons. The molecule has 10 nitrogen and oxygen atoms in total. The molecule has 2 amide bonds. The highest BCUT2D eigenvalue weighted by Gasteiger charge is 2.37. The predicted octanol–water partition coefficient (Wildman–Crippen LogP) is 4.94. The topological polar surface area (TPSA) is 118 Å². The number of rotatable bonds is 10. The van der Waals surface area contributed by atoms with E-state index >= 15 is 4.39 Å². The van der Waals surface area contributed by atoms with Crippen molar-refractivity contribution in [2.75, 3.05) is 26.2 Å². The Bertz CT molecular complexity index is 1730. The molecule has 6 rings (SSSR count). The summed E-state index contributed by atoms with van der Waals surface area (Å²) < 4.78 is 86.9. The van der Waals surface area contributed by atoms with Crippen molar-refractivity contribution in [3.8, 4) is 11.5 Å². The second-order valence-corrected chi connectivity index (χ2v) is 14.8. The summed E-state index contributed by atoms with van der Waals surface area (Å²) in [5.74, 6) is -0.543. The SMILES string of the molecule is O=C(N[C@@H]1CCN(Cc2ccc(OC(F)(F)F)cc2)C[C@H]1F)c1ccc(C(=O)N2CCC(Oc3ccc(S(=O)(=O)C4CC4)cc3)CC2)nc1. The third kappa shape index (κ3) is 8.87. The van der Waals surface area contributed by atoms with Gasteiger partial charge in [-0.1, -0.05) is 12.1 Å². The van der Waals surface area contributed by atoms with Gasteiger partial charge in [-0.05, 0) is 73.4 Å². The number of amides is 2. The number of likely N-dealkylation sites (tertiary alicyclic amines) is 2. The van der Waals surface area contributed by atoms with E-state index in [1.165, 1.54) is 42.6 Å². The molecule has 15 heteroatoms. The summed E-state index contributed by atoms with van der Waals surface area (Å²) in [6.45, 7) is 1.72. The van der Waals surface area contributed by atoms with Crippen LogP contribution in [0.5, 0.6) is 11.5 Å². The molecule has 2 aromatic carbocycles. The lowest BCUT2D eigenvalue weighted by Gasteiger charge is -2.35. The van der Waals surface area contributed by atoms with Crippen molar-refractivity contribution in [1.29, 1.82) is 0 Å². The average Bonchev–Trinajstić information content (AvgIpc) is 3.94. The second-order valence-electron chi connectivity index (χ2n) is 12.6. The number of hydrogen-bond donors (Lipinski definition) is 1. The quantitative estimate of drug-likeness (QED) is 0.295. The van der Waals surface area contributed by atoms with Crippen LogP contribution in [0.1, 0.15) is 58.5 Å². The van der Waals surface area contributed by atoms with Crippen LogP contribution in [-0.2, 0) is 16.4 Å². The molecule has 0 spiro atoms. The number of benzene rings is 2. The number of carbonyl (C=O) groups excluding carboxylic acids is 2. The summed E-state index contributed by atoms with van der Waals surface area (Å²) in [7, 11) is -3.26. The van der Waals surface area contributed by atoms with Crippen molar-refractivity contribution in [3.05, 3.63) is 83.7 Å². The van der Waals surface area contributed by atoms with Crippen LogP contribution < -0.4 is 14.8 Å². The van der Waals surface area contributed by atoms with Gasteiger partial charge in [0.05, 0.1) is 21.8 Å². The molecule has 0 unspecified atom stereocenters. The van der Waals surface area contributed by atoms with E-state index in [9.17, 15) is 31.2 Å². The first kappa shape index (κ1) is 34.6. The molecule has 3 fully saturated rings. The zero-order valence-corrected chi connectivity index (χ0v) is 27.3. The molecular weight excluding hydrogens is 668 g/mol. The third-order valence-corrected chi connectivity index (χ3v) is 11.2. The Balaban J connectivity index is 0.933. The maximum atomic E-state index is 15.0. The van der Waals surface area contributed by atoms with E-state index in [1.807, 2.05) is 4.90 Å². The van der Waals surface area contributed by atoms with Gasteiger partial charge in [0, 0.05) is 51.8 Å². The smallest absolute Gasteiger partial charge is 0.490 e. The number of aromatic nitrogens is 1. The molecule has 2 atom stereocenters. The van der Waals surface area contributed by atoms with Crippen molar-refractivity contribution >= 4 is 21.7 Å². The summed E-state index contributed by atoms with van der Waals surface area (Å²) in [4.78, 5) is 34.0. The van der Waals surface area contributed by atoms with Gasteiger partial charge in [-0.3, -0.25) is 19.5 Å². The highest BCUT2D eigenvalue weighted by Crippen LogP contribution is 2.34. The van der Waals surface area contributed by atoms with E-state index in [4.69, 9.17) is 4.74 Å². The van der Waals surface area contributed by atoms with Crippen LogP contribution in [0.4, 0.5) is 17.6 Å². The minimum atomic E-state index is -4.78. The molecule has 3 heterocycles. The molecule has 2 saturated heterocycles. The zero-order valence-electron chi connectivity index (χ0n) is 26.4. The molecule has 3 aromatic rings. The Morgan fingerprint density at radius 1 is 0.878 bits per heavy atom. The molecule has 1 aliphatic carbocycles. The normalized spacial score (nSPS) is 20.9. The Morgan fingerprint density at radius 3 is 2.14 bits per heavy atom. The minimum Gasteiger partial charge on any atom is -0.490 e. The number of nitrogens with zero attached hydrogens (tertiary/aromatic N) is 3. The van der Waals surface area contributed by atoms with Crippen LogP contribution >= 0.6 is 0 Å². The van der Waals surface area contributed by atoms with Crippen molar-refractivity contribution in [2.24, 2.45) is 0 Å². The fraction of sp³-hybridized carbons (Fsp3) is 0.441. The number of ether oxygens (including phenoxy) is 2. The van der Waals surface area contributed by atoms with E-state index in [-0.39, 0.29) is 40.8 Å². The van der Waals surface area contributed by atoms with E-state index < -0.39 is 34.3 Å². The molecule has 0 radical (unpaired) electrons. The molecule has 2 aliphatic heterocycles. The van der Waals surface area contributed by atoms with Crippen LogP contribution in [0.3, 0.4) is 0 Å². The fourth-order valence-electron chi connectivity index (χ4n) is 6.04. The van der Waals surface area contributed by atoms with Gasteiger partial charge in [-0.2, -0.15) is 0 Å². The van der Waals surface area contributed by atoms with E-state index in [2.05, 4.69) is 15.0 Å². The van der Waals surface area contributed by atoms with E-state index in [1.54, 1.807) is 29.2 Å². The van der Waals surface area contributed by atoms with Crippen molar-refractivity contribution < 1.29 is 45.0 Å². The first-order chi connectivity index (χ1) is 23.3. The molecular formula is C34H36F4N4O6S. The number of halogens is 4. The van der Waals surface area contributed by atoms with Crippen LogP contribution in [-0.4, -0.2) is 91.1 Å². The molecule has 1 saturated carbocycles. The Kier molecular flexibility index (Phi) is 10.1. The highest BCUT2D eigenvalue weighted by molar-refractivity contribution is 7.92. The molecule has 3 aliphatic rings. The van der Waals surface area contributed by atoms with Crippen molar-refractivity contribution in [1.82, 2.24) is 20.1 Å². The number of piperidine rings is 2. The zero-order chi connectivity index (χ0) is 34.8. The Labute approximate surface area is 281 Å². The first-order valence-electron chi connectivity index (χ1n) is 16.1. The first-order valence-corrected chi connectivity index (χ1v) is 17.7. The average molecular weight is 705 g/mol. The van der Waals surface area contributed by atoms with Gasteiger partial charge >= 0.3 is 6.36 Å². The Morgan fingerprint density at radius 2 is 1.55 bits per heavy atom. The molecule has 49 heavy (non-hydrogen) atoms. The highest BCUT2D eigenvalue weighted by atomic mass is 32.2. The molecule has 1 aromatic heterocycles. The second kappa shape index (κ2) is 14.3. The number of hydrogen-bond acceptors (Lipinski definition) is 8. The number of nitrogens with one attached hydrogen (secondary N) is 1. The maximum Gasteiger partial charge on any atom is 0.573 e. The van der Waals surface area contributed by atoms with Crippen molar-refractivity contribution in [3.63, 3.8) is 0 Å². The predicted molar refractivity (Wildman–Crippen MR) is 170 cm³/mol. The van der Waals surface area contributed by atoms with Gasteiger partial charge < -0.3 is 19.7 Å². The summed E-state index contributed by atoms with van der Waals surface area (Å²) >= 11 is 0.